The normalized spacial score (nSPS) is 11.0. The number of carboxylic acids is 1. The largest absolute Gasteiger partial charge is 0.496 e. The minimum absolute atomic E-state index is 0.00776. The Morgan fingerprint density at radius 3 is 2.45 bits per heavy atom. The van der Waals surface area contributed by atoms with E-state index in [2.05, 4.69) is 5.32 Å². The fourth-order valence-electron chi connectivity index (χ4n) is 1.65. The summed E-state index contributed by atoms with van der Waals surface area (Å²) in [7, 11) is 1.44. The van der Waals surface area contributed by atoms with Crippen LogP contribution in [0.15, 0.2) is 18.2 Å². The number of rotatable bonds is 5. The SMILES string of the molecule is COc1cc(CCNC(=O)C(C)(C)C)ccc1C(=O)O. The predicted molar refractivity (Wildman–Crippen MR) is 76.1 cm³/mol. The highest BCUT2D eigenvalue weighted by molar-refractivity contribution is 5.91. The Kier molecular flexibility index (Phi) is 5.13. The van der Waals surface area contributed by atoms with Crippen LogP contribution in [0.2, 0.25) is 0 Å². The molecule has 0 aliphatic carbocycles. The molecule has 1 amide bonds. The zero-order valence-electron chi connectivity index (χ0n) is 12.3. The summed E-state index contributed by atoms with van der Waals surface area (Å²) >= 11 is 0. The van der Waals surface area contributed by atoms with Gasteiger partial charge >= 0.3 is 5.97 Å². The topological polar surface area (TPSA) is 75.6 Å². The van der Waals surface area contributed by atoms with Crippen molar-refractivity contribution in [2.75, 3.05) is 13.7 Å². The van der Waals surface area contributed by atoms with Gasteiger partial charge in [-0.3, -0.25) is 4.79 Å². The third-order valence-electron chi connectivity index (χ3n) is 2.88. The molecule has 0 spiro atoms. The number of carboxylic acid groups (broad SMARTS) is 1. The second kappa shape index (κ2) is 6.41. The molecule has 0 aliphatic rings. The zero-order valence-corrected chi connectivity index (χ0v) is 12.3. The third kappa shape index (κ3) is 4.26. The minimum atomic E-state index is -1.02. The summed E-state index contributed by atoms with van der Waals surface area (Å²) in [4.78, 5) is 22.7. The van der Waals surface area contributed by atoms with E-state index in [0.29, 0.717) is 18.7 Å². The molecule has 0 saturated carbocycles. The molecule has 0 aromatic heterocycles. The van der Waals surface area contributed by atoms with Crippen LogP contribution in [0.25, 0.3) is 0 Å². The summed E-state index contributed by atoms with van der Waals surface area (Å²) < 4.78 is 5.06. The van der Waals surface area contributed by atoms with Crippen molar-refractivity contribution >= 4 is 11.9 Å². The molecule has 1 aromatic carbocycles. The molecule has 1 rings (SSSR count). The van der Waals surface area contributed by atoms with E-state index in [-0.39, 0.29) is 11.5 Å². The van der Waals surface area contributed by atoms with Crippen LogP contribution < -0.4 is 10.1 Å². The van der Waals surface area contributed by atoms with E-state index in [0.717, 1.165) is 5.56 Å². The second-order valence-corrected chi connectivity index (χ2v) is 5.60. The van der Waals surface area contributed by atoms with Crippen molar-refractivity contribution in [1.29, 1.82) is 0 Å². The highest BCUT2D eigenvalue weighted by Gasteiger charge is 2.20. The lowest BCUT2D eigenvalue weighted by atomic mass is 9.95. The van der Waals surface area contributed by atoms with Crippen LogP contribution in [0.3, 0.4) is 0 Å². The van der Waals surface area contributed by atoms with Crippen molar-refractivity contribution in [2.45, 2.75) is 27.2 Å². The molecule has 0 unspecified atom stereocenters. The van der Waals surface area contributed by atoms with E-state index in [9.17, 15) is 9.59 Å². The molecule has 0 saturated heterocycles. The van der Waals surface area contributed by atoms with Crippen molar-refractivity contribution in [3.05, 3.63) is 29.3 Å². The molecule has 1 aromatic rings. The number of nitrogens with one attached hydrogen (secondary N) is 1. The van der Waals surface area contributed by atoms with Crippen LogP contribution in [-0.2, 0) is 11.2 Å². The first kappa shape index (κ1) is 16.0. The Morgan fingerprint density at radius 2 is 1.95 bits per heavy atom. The molecule has 0 atom stereocenters. The van der Waals surface area contributed by atoms with E-state index in [1.807, 2.05) is 20.8 Å². The molecule has 0 bridgehead atoms. The second-order valence-electron chi connectivity index (χ2n) is 5.60. The van der Waals surface area contributed by atoms with E-state index in [4.69, 9.17) is 9.84 Å². The van der Waals surface area contributed by atoms with Gasteiger partial charge in [0.15, 0.2) is 0 Å². The van der Waals surface area contributed by atoms with Crippen LogP contribution >= 0.6 is 0 Å². The summed E-state index contributed by atoms with van der Waals surface area (Å²) in [6, 6.07) is 4.93. The van der Waals surface area contributed by atoms with E-state index >= 15 is 0 Å². The highest BCUT2D eigenvalue weighted by atomic mass is 16.5. The van der Waals surface area contributed by atoms with Gasteiger partial charge in [-0.2, -0.15) is 0 Å². The molecule has 5 heteroatoms. The first-order valence-corrected chi connectivity index (χ1v) is 6.44. The molecular formula is C15H21NO4. The fraction of sp³-hybridized carbons (Fsp3) is 0.467. The maximum Gasteiger partial charge on any atom is 0.339 e. The van der Waals surface area contributed by atoms with Gasteiger partial charge in [0.2, 0.25) is 5.91 Å². The standard InChI is InChI=1S/C15H21NO4/c1-15(2,3)14(19)16-8-7-10-5-6-11(13(17)18)12(9-10)20-4/h5-6,9H,7-8H2,1-4H3,(H,16,19)(H,17,18). The summed E-state index contributed by atoms with van der Waals surface area (Å²) in [5, 5.41) is 11.8. The van der Waals surface area contributed by atoms with E-state index in [1.54, 1.807) is 12.1 Å². The lowest BCUT2D eigenvalue weighted by Crippen LogP contribution is -2.35. The maximum atomic E-state index is 11.7. The summed E-state index contributed by atoms with van der Waals surface area (Å²) in [6.07, 6.45) is 0.623. The van der Waals surface area contributed by atoms with Gasteiger partial charge in [-0.15, -0.1) is 0 Å². The first-order chi connectivity index (χ1) is 9.25. The number of aromatic carboxylic acids is 1. The Morgan fingerprint density at radius 1 is 1.30 bits per heavy atom. The monoisotopic (exact) mass is 279 g/mol. The summed E-state index contributed by atoms with van der Waals surface area (Å²) in [5.74, 6) is -0.696. The molecular weight excluding hydrogens is 258 g/mol. The third-order valence-corrected chi connectivity index (χ3v) is 2.88. The van der Waals surface area contributed by atoms with E-state index in [1.165, 1.54) is 13.2 Å². The molecule has 0 radical (unpaired) electrons. The van der Waals surface area contributed by atoms with Gasteiger partial charge in [0.1, 0.15) is 11.3 Å². The fourth-order valence-corrected chi connectivity index (χ4v) is 1.65. The summed E-state index contributed by atoms with van der Waals surface area (Å²) in [6.45, 7) is 6.07. The quantitative estimate of drug-likeness (QED) is 0.865. The van der Waals surface area contributed by atoms with Crippen LogP contribution in [0.1, 0.15) is 36.7 Å². The van der Waals surface area contributed by atoms with Gasteiger partial charge in [-0.05, 0) is 24.1 Å². The van der Waals surface area contributed by atoms with Crippen LogP contribution in [-0.4, -0.2) is 30.6 Å². The molecule has 110 valence electrons. The van der Waals surface area contributed by atoms with Crippen LogP contribution in [0, 0.1) is 5.41 Å². The zero-order chi connectivity index (χ0) is 15.3. The average molecular weight is 279 g/mol. The Balaban J connectivity index is 2.66. The van der Waals surface area contributed by atoms with Crippen molar-refractivity contribution in [3.8, 4) is 5.75 Å². The highest BCUT2D eigenvalue weighted by Crippen LogP contribution is 2.20. The van der Waals surface area contributed by atoms with Crippen molar-refractivity contribution in [1.82, 2.24) is 5.32 Å². The maximum absolute atomic E-state index is 11.7. The number of ether oxygens (including phenoxy) is 1. The number of hydrogen-bond acceptors (Lipinski definition) is 3. The van der Waals surface area contributed by atoms with Crippen molar-refractivity contribution in [2.24, 2.45) is 5.41 Å². The van der Waals surface area contributed by atoms with Gasteiger partial charge in [-0.25, -0.2) is 4.79 Å². The molecule has 20 heavy (non-hydrogen) atoms. The summed E-state index contributed by atoms with van der Waals surface area (Å²) in [5.41, 5.74) is 0.640. The Bertz CT molecular complexity index is 503. The number of carbonyl (C=O) groups is 2. The first-order valence-electron chi connectivity index (χ1n) is 6.44. The number of hydrogen-bond donors (Lipinski definition) is 2. The van der Waals surface area contributed by atoms with Crippen LogP contribution in [0.5, 0.6) is 5.75 Å². The molecule has 0 heterocycles. The predicted octanol–water partition coefficient (Wildman–Crippen LogP) is 2.10. The molecule has 5 nitrogen and oxygen atoms in total. The number of methoxy groups -OCH3 is 1. The van der Waals surface area contributed by atoms with Gasteiger partial charge in [0, 0.05) is 12.0 Å². The average Bonchev–Trinajstić information content (AvgIpc) is 2.36. The number of amides is 1. The number of benzene rings is 1. The van der Waals surface area contributed by atoms with Gasteiger partial charge in [0.25, 0.3) is 0 Å². The van der Waals surface area contributed by atoms with Gasteiger partial charge in [-0.1, -0.05) is 26.8 Å². The molecule has 0 aliphatic heterocycles. The lowest BCUT2D eigenvalue weighted by molar-refractivity contribution is -0.128. The number of carbonyl (C=O) groups excluding carboxylic acids is 1. The van der Waals surface area contributed by atoms with Gasteiger partial charge in [0.05, 0.1) is 7.11 Å². The Labute approximate surface area is 118 Å². The van der Waals surface area contributed by atoms with E-state index < -0.39 is 11.4 Å². The van der Waals surface area contributed by atoms with Crippen molar-refractivity contribution in [3.63, 3.8) is 0 Å². The smallest absolute Gasteiger partial charge is 0.339 e. The molecule has 2 N–H and O–H groups in total. The molecule has 0 fully saturated rings. The minimum Gasteiger partial charge on any atom is -0.496 e. The lowest BCUT2D eigenvalue weighted by Gasteiger charge is -2.17. The van der Waals surface area contributed by atoms with Gasteiger partial charge < -0.3 is 15.2 Å². The van der Waals surface area contributed by atoms with Crippen LogP contribution in [0.4, 0.5) is 0 Å². The Hall–Kier alpha value is -2.04. The van der Waals surface area contributed by atoms with Crippen molar-refractivity contribution < 1.29 is 19.4 Å².